The van der Waals surface area contributed by atoms with Crippen LogP contribution in [0.2, 0.25) is 0 Å². The van der Waals surface area contributed by atoms with Crippen molar-refractivity contribution in [2.45, 2.75) is 51.5 Å². The third-order valence-electron chi connectivity index (χ3n) is 5.11. The number of benzene rings is 2. The number of aryl methyl sites for hydroxylation is 1. The standard InChI is InChI=1S/C21H26N2O3S/c1-14(2)20-7-5-6-15(3)21(20)22-27(25,26)19-9-8-17-10-11-23(16(4)24)13-18(17)12-19/h5-9,12,14,22H,10-11,13H2,1-4H3. The third-order valence-corrected chi connectivity index (χ3v) is 6.46. The van der Waals surface area contributed by atoms with Crippen molar-refractivity contribution in [3.63, 3.8) is 0 Å². The van der Waals surface area contributed by atoms with Crippen LogP contribution in [0.3, 0.4) is 0 Å². The molecule has 5 nitrogen and oxygen atoms in total. The van der Waals surface area contributed by atoms with Crippen LogP contribution in [0.4, 0.5) is 5.69 Å². The molecule has 2 aromatic rings. The highest BCUT2D eigenvalue weighted by atomic mass is 32.2. The number of rotatable bonds is 4. The van der Waals surface area contributed by atoms with Gasteiger partial charge in [-0.25, -0.2) is 8.42 Å². The van der Waals surface area contributed by atoms with Crippen molar-refractivity contribution in [2.75, 3.05) is 11.3 Å². The molecule has 0 atom stereocenters. The van der Waals surface area contributed by atoms with E-state index >= 15 is 0 Å². The van der Waals surface area contributed by atoms with Crippen LogP contribution >= 0.6 is 0 Å². The highest BCUT2D eigenvalue weighted by Gasteiger charge is 2.23. The zero-order valence-electron chi connectivity index (χ0n) is 16.2. The molecule has 1 N–H and O–H groups in total. The van der Waals surface area contributed by atoms with Crippen molar-refractivity contribution >= 4 is 21.6 Å². The third kappa shape index (κ3) is 4.00. The second-order valence-corrected chi connectivity index (χ2v) is 9.10. The summed E-state index contributed by atoms with van der Waals surface area (Å²) in [5.41, 5.74) is 4.51. The number of carbonyl (C=O) groups excluding carboxylic acids is 1. The highest BCUT2D eigenvalue weighted by Crippen LogP contribution is 2.30. The Balaban J connectivity index is 1.96. The van der Waals surface area contributed by atoms with Gasteiger partial charge in [-0.2, -0.15) is 0 Å². The second-order valence-electron chi connectivity index (χ2n) is 7.42. The molecular formula is C21H26N2O3S. The van der Waals surface area contributed by atoms with Gasteiger partial charge in [-0.1, -0.05) is 38.1 Å². The van der Waals surface area contributed by atoms with E-state index in [1.807, 2.05) is 45.0 Å². The molecule has 6 heteroatoms. The summed E-state index contributed by atoms with van der Waals surface area (Å²) >= 11 is 0. The summed E-state index contributed by atoms with van der Waals surface area (Å²) in [5, 5.41) is 0. The molecule has 0 saturated carbocycles. The molecule has 1 aliphatic heterocycles. The number of sulfonamides is 1. The molecule has 0 radical (unpaired) electrons. The summed E-state index contributed by atoms with van der Waals surface area (Å²) in [6.07, 6.45) is 0.748. The molecule has 1 amide bonds. The molecule has 0 fully saturated rings. The van der Waals surface area contributed by atoms with Crippen molar-refractivity contribution in [1.82, 2.24) is 4.90 Å². The molecule has 0 unspecified atom stereocenters. The van der Waals surface area contributed by atoms with Crippen molar-refractivity contribution in [3.8, 4) is 0 Å². The Hall–Kier alpha value is -2.34. The van der Waals surface area contributed by atoms with Gasteiger partial charge in [0.25, 0.3) is 10.0 Å². The number of para-hydroxylation sites is 1. The molecule has 1 aliphatic rings. The number of nitrogens with one attached hydrogen (secondary N) is 1. The Morgan fingerprint density at radius 2 is 1.89 bits per heavy atom. The molecule has 0 aliphatic carbocycles. The van der Waals surface area contributed by atoms with E-state index in [1.165, 1.54) is 0 Å². The minimum atomic E-state index is -3.72. The lowest BCUT2D eigenvalue weighted by Crippen LogP contribution is -2.34. The predicted molar refractivity (Wildman–Crippen MR) is 107 cm³/mol. The van der Waals surface area contributed by atoms with Crippen molar-refractivity contribution in [1.29, 1.82) is 0 Å². The normalized spacial score (nSPS) is 14.2. The van der Waals surface area contributed by atoms with E-state index < -0.39 is 10.0 Å². The van der Waals surface area contributed by atoms with Gasteiger partial charge in [-0.05, 0) is 53.6 Å². The Morgan fingerprint density at radius 1 is 1.15 bits per heavy atom. The number of amides is 1. The van der Waals surface area contributed by atoms with Crippen LogP contribution in [0, 0.1) is 6.92 Å². The van der Waals surface area contributed by atoms with Crippen LogP contribution in [0.25, 0.3) is 0 Å². The lowest BCUT2D eigenvalue weighted by molar-refractivity contribution is -0.129. The van der Waals surface area contributed by atoms with Crippen molar-refractivity contribution < 1.29 is 13.2 Å². The summed E-state index contributed by atoms with van der Waals surface area (Å²) in [6, 6.07) is 11.0. The van der Waals surface area contributed by atoms with Crippen LogP contribution in [-0.2, 0) is 27.8 Å². The minimum Gasteiger partial charge on any atom is -0.338 e. The first-order valence-electron chi connectivity index (χ1n) is 9.18. The van der Waals surface area contributed by atoms with Gasteiger partial charge >= 0.3 is 0 Å². The number of fused-ring (bicyclic) bond motifs is 1. The number of anilines is 1. The topological polar surface area (TPSA) is 66.5 Å². The van der Waals surface area contributed by atoms with Gasteiger partial charge in [0.1, 0.15) is 0 Å². The monoisotopic (exact) mass is 386 g/mol. The van der Waals surface area contributed by atoms with Crippen LogP contribution in [0.15, 0.2) is 41.3 Å². The van der Waals surface area contributed by atoms with E-state index in [0.717, 1.165) is 28.7 Å². The zero-order valence-corrected chi connectivity index (χ0v) is 17.1. The molecule has 0 bridgehead atoms. The average molecular weight is 387 g/mol. The number of nitrogens with zero attached hydrogens (tertiary/aromatic N) is 1. The summed E-state index contributed by atoms with van der Waals surface area (Å²) in [5.74, 6) is 0.212. The largest absolute Gasteiger partial charge is 0.338 e. The second kappa shape index (κ2) is 7.35. The number of carbonyl (C=O) groups is 1. The van der Waals surface area contributed by atoms with Gasteiger partial charge in [0.15, 0.2) is 0 Å². The lowest BCUT2D eigenvalue weighted by atomic mass is 9.99. The van der Waals surface area contributed by atoms with E-state index in [9.17, 15) is 13.2 Å². The van der Waals surface area contributed by atoms with E-state index in [0.29, 0.717) is 18.8 Å². The van der Waals surface area contributed by atoms with Gasteiger partial charge in [-0.15, -0.1) is 0 Å². The average Bonchev–Trinajstić information content (AvgIpc) is 2.62. The van der Waals surface area contributed by atoms with Gasteiger partial charge in [0, 0.05) is 20.0 Å². The minimum absolute atomic E-state index is 0.00789. The highest BCUT2D eigenvalue weighted by molar-refractivity contribution is 7.92. The first-order valence-corrected chi connectivity index (χ1v) is 10.7. The molecule has 2 aromatic carbocycles. The molecule has 144 valence electrons. The van der Waals surface area contributed by atoms with Gasteiger partial charge in [0.05, 0.1) is 10.6 Å². The summed E-state index contributed by atoms with van der Waals surface area (Å²) < 4.78 is 28.9. The van der Waals surface area contributed by atoms with E-state index in [1.54, 1.807) is 24.0 Å². The zero-order chi connectivity index (χ0) is 19.8. The SMILES string of the molecule is CC(=O)N1CCc2ccc(S(=O)(=O)Nc3c(C)cccc3C(C)C)cc2C1. The fourth-order valence-corrected chi connectivity index (χ4v) is 4.68. The predicted octanol–water partition coefficient (Wildman–Crippen LogP) is 3.82. The Labute approximate surface area is 161 Å². The van der Waals surface area contributed by atoms with Crippen LogP contribution < -0.4 is 4.72 Å². The van der Waals surface area contributed by atoms with E-state index in [-0.39, 0.29) is 16.7 Å². The van der Waals surface area contributed by atoms with Crippen molar-refractivity contribution in [2.24, 2.45) is 0 Å². The van der Waals surface area contributed by atoms with Crippen LogP contribution in [-0.4, -0.2) is 25.8 Å². The molecule has 0 saturated heterocycles. The van der Waals surface area contributed by atoms with Gasteiger partial charge in [-0.3, -0.25) is 9.52 Å². The summed E-state index contributed by atoms with van der Waals surface area (Å²) in [7, 11) is -3.72. The maximum absolute atomic E-state index is 13.0. The molecule has 0 spiro atoms. The smallest absolute Gasteiger partial charge is 0.261 e. The molecule has 27 heavy (non-hydrogen) atoms. The van der Waals surface area contributed by atoms with E-state index in [4.69, 9.17) is 0 Å². The Kier molecular flexibility index (Phi) is 5.29. The quantitative estimate of drug-likeness (QED) is 0.869. The maximum Gasteiger partial charge on any atom is 0.261 e. The van der Waals surface area contributed by atoms with E-state index in [2.05, 4.69) is 4.72 Å². The van der Waals surface area contributed by atoms with Crippen LogP contribution in [0.1, 0.15) is 48.9 Å². The summed E-state index contributed by atoms with van der Waals surface area (Å²) in [6.45, 7) is 8.66. The van der Waals surface area contributed by atoms with Gasteiger partial charge < -0.3 is 4.90 Å². The Bertz CT molecular complexity index is 981. The van der Waals surface area contributed by atoms with Crippen molar-refractivity contribution in [3.05, 3.63) is 58.7 Å². The Morgan fingerprint density at radius 3 is 2.56 bits per heavy atom. The number of hydrogen-bond acceptors (Lipinski definition) is 3. The molecule has 3 rings (SSSR count). The molecular weight excluding hydrogens is 360 g/mol. The number of hydrogen-bond donors (Lipinski definition) is 1. The fraction of sp³-hybridized carbons (Fsp3) is 0.381. The molecule has 0 aromatic heterocycles. The fourth-order valence-electron chi connectivity index (χ4n) is 3.47. The summed E-state index contributed by atoms with van der Waals surface area (Å²) in [4.78, 5) is 13.6. The first-order chi connectivity index (χ1) is 12.7. The molecule has 1 heterocycles. The van der Waals surface area contributed by atoms with Crippen LogP contribution in [0.5, 0.6) is 0 Å². The maximum atomic E-state index is 13.0. The lowest BCUT2D eigenvalue weighted by Gasteiger charge is -2.28. The van der Waals surface area contributed by atoms with Gasteiger partial charge in [0.2, 0.25) is 5.91 Å². The first kappa shape index (κ1) is 19.4.